The third-order valence-electron chi connectivity index (χ3n) is 2.33. The highest BCUT2D eigenvalue weighted by molar-refractivity contribution is 5.88. The van der Waals surface area contributed by atoms with E-state index >= 15 is 0 Å². The third-order valence-corrected chi connectivity index (χ3v) is 2.33. The number of aromatic nitrogens is 1. The van der Waals surface area contributed by atoms with Gasteiger partial charge in [0.25, 0.3) is 0 Å². The number of hydrogen-bond acceptors (Lipinski definition) is 2. The van der Waals surface area contributed by atoms with Gasteiger partial charge in [-0.05, 0) is 30.3 Å². The quantitative estimate of drug-likeness (QED) is 0.820. The average Bonchev–Trinajstić information content (AvgIpc) is 2.73. The molecule has 0 atom stereocenters. The van der Waals surface area contributed by atoms with E-state index < -0.39 is 5.97 Å². The van der Waals surface area contributed by atoms with E-state index in [-0.39, 0.29) is 5.56 Å². The van der Waals surface area contributed by atoms with Crippen LogP contribution in [0.5, 0.6) is 0 Å². The molecule has 2 aromatic rings. The van der Waals surface area contributed by atoms with E-state index in [1.54, 1.807) is 30.5 Å². The van der Waals surface area contributed by atoms with Gasteiger partial charge in [0.15, 0.2) is 0 Å². The number of nitrogens with zero attached hydrogens (tertiary/aromatic N) is 2. The first kappa shape index (κ1) is 11.1. The molecule has 0 aliphatic heterocycles. The SMILES string of the molecule is Cn1ccc(C=Nc2ccc(C(=O)O)cc2)c1. The topological polar surface area (TPSA) is 54.6 Å². The molecule has 1 aromatic heterocycles. The van der Waals surface area contributed by atoms with E-state index in [2.05, 4.69) is 4.99 Å². The molecule has 0 aliphatic rings. The van der Waals surface area contributed by atoms with Crippen molar-refractivity contribution in [2.75, 3.05) is 0 Å². The second-order valence-electron chi connectivity index (χ2n) is 3.72. The summed E-state index contributed by atoms with van der Waals surface area (Å²) >= 11 is 0. The van der Waals surface area contributed by atoms with Gasteiger partial charge in [0.2, 0.25) is 0 Å². The van der Waals surface area contributed by atoms with Crippen LogP contribution in [0.25, 0.3) is 0 Å². The number of aliphatic imine (C=N–C) groups is 1. The molecular formula is C13H12N2O2. The number of aromatic carboxylic acids is 1. The summed E-state index contributed by atoms with van der Waals surface area (Å²) < 4.78 is 1.94. The van der Waals surface area contributed by atoms with Crippen molar-refractivity contribution in [1.29, 1.82) is 0 Å². The van der Waals surface area contributed by atoms with E-state index in [1.165, 1.54) is 0 Å². The molecule has 0 radical (unpaired) electrons. The number of carboxylic acid groups (broad SMARTS) is 1. The predicted octanol–water partition coefficient (Wildman–Crippen LogP) is 2.47. The molecule has 1 aromatic carbocycles. The van der Waals surface area contributed by atoms with E-state index in [0.717, 1.165) is 11.3 Å². The lowest BCUT2D eigenvalue weighted by atomic mass is 10.2. The van der Waals surface area contributed by atoms with Crippen LogP contribution in [0.1, 0.15) is 15.9 Å². The second-order valence-corrected chi connectivity index (χ2v) is 3.72. The van der Waals surface area contributed by atoms with E-state index in [1.807, 2.05) is 30.1 Å². The Bertz CT molecular complexity index is 553. The lowest BCUT2D eigenvalue weighted by Crippen LogP contribution is -1.94. The number of rotatable bonds is 3. The van der Waals surface area contributed by atoms with Gasteiger partial charge in [-0.2, -0.15) is 0 Å². The molecule has 17 heavy (non-hydrogen) atoms. The minimum Gasteiger partial charge on any atom is -0.478 e. The van der Waals surface area contributed by atoms with Crippen molar-refractivity contribution in [3.63, 3.8) is 0 Å². The Labute approximate surface area is 98.9 Å². The first-order chi connectivity index (χ1) is 8.15. The maximum Gasteiger partial charge on any atom is 0.335 e. The maximum absolute atomic E-state index is 10.7. The Morgan fingerprint density at radius 1 is 1.29 bits per heavy atom. The van der Waals surface area contributed by atoms with Crippen molar-refractivity contribution in [3.05, 3.63) is 53.9 Å². The van der Waals surface area contributed by atoms with E-state index in [4.69, 9.17) is 5.11 Å². The molecule has 0 saturated carbocycles. The largest absolute Gasteiger partial charge is 0.478 e. The van der Waals surface area contributed by atoms with Crippen molar-refractivity contribution in [3.8, 4) is 0 Å². The van der Waals surface area contributed by atoms with Gasteiger partial charge in [0.05, 0.1) is 11.3 Å². The summed E-state index contributed by atoms with van der Waals surface area (Å²) in [7, 11) is 1.94. The van der Waals surface area contributed by atoms with Crippen LogP contribution in [0.3, 0.4) is 0 Å². The molecule has 86 valence electrons. The van der Waals surface area contributed by atoms with E-state index in [0.29, 0.717) is 0 Å². The van der Waals surface area contributed by atoms with Crippen LogP contribution in [-0.4, -0.2) is 21.9 Å². The second kappa shape index (κ2) is 4.65. The van der Waals surface area contributed by atoms with Crippen molar-refractivity contribution in [1.82, 2.24) is 4.57 Å². The van der Waals surface area contributed by atoms with Gasteiger partial charge in [-0.15, -0.1) is 0 Å². The minimum absolute atomic E-state index is 0.267. The molecule has 0 aliphatic carbocycles. The van der Waals surface area contributed by atoms with Crippen molar-refractivity contribution < 1.29 is 9.90 Å². The molecule has 0 unspecified atom stereocenters. The Morgan fingerprint density at radius 2 is 2.00 bits per heavy atom. The highest BCUT2D eigenvalue weighted by Crippen LogP contribution is 2.13. The minimum atomic E-state index is -0.927. The Kier molecular flexibility index (Phi) is 3.05. The zero-order chi connectivity index (χ0) is 12.3. The molecule has 4 heteroatoms. The normalized spacial score (nSPS) is 10.9. The fourth-order valence-corrected chi connectivity index (χ4v) is 1.44. The molecular weight excluding hydrogens is 216 g/mol. The van der Waals surface area contributed by atoms with Crippen LogP contribution in [0.4, 0.5) is 5.69 Å². The van der Waals surface area contributed by atoms with Gasteiger partial charge >= 0.3 is 5.97 Å². The fourth-order valence-electron chi connectivity index (χ4n) is 1.44. The smallest absolute Gasteiger partial charge is 0.335 e. The van der Waals surface area contributed by atoms with Crippen LogP contribution >= 0.6 is 0 Å². The maximum atomic E-state index is 10.7. The summed E-state index contributed by atoms with van der Waals surface area (Å²) in [6.07, 6.45) is 5.64. The van der Waals surface area contributed by atoms with Gasteiger partial charge in [0, 0.05) is 31.2 Å². The standard InChI is InChI=1S/C13H12N2O2/c1-15-7-6-10(9-15)8-14-12-4-2-11(3-5-12)13(16)17/h2-9H,1H3,(H,16,17). The number of benzene rings is 1. The van der Waals surface area contributed by atoms with Gasteiger partial charge in [-0.3, -0.25) is 4.99 Å². The van der Waals surface area contributed by atoms with E-state index in [9.17, 15) is 4.79 Å². The Hall–Kier alpha value is -2.36. The molecule has 0 spiro atoms. The fraction of sp³-hybridized carbons (Fsp3) is 0.0769. The summed E-state index contributed by atoms with van der Waals surface area (Å²) in [6, 6.07) is 8.40. The predicted molar refractivity (Wildman–Crippen MR) is 66.1 cm³/mol. The number of hydrogen-bond donors (Lipinski definition) is 1. The molecule has 0 amide bonds. The molecule has 0 bridgehead atoms. The summed E-state index contributed by atoms with van der Waals surface area (Å²) in [6.45, 7) is 0. The zero-order valence-corrected chi connectivity index (χ0v) is 9.37. The molecule has 1 heterocycles. The van der Waals surface area contributed by atoms with Crippen molar-refractivity contribution >= 4 is 17.9 Å². The molecule has 1 N–H and O–H groups in total. The first-order valence-electron chi connectivity index (χ1n) is 5.14. The number of carbonyl (C=O) groups is 1. The summed E-state index contributed by atoms with van der Waals surface area (Å²) in [5.41, 5.74) is 2.01. The van der Waals surface area contributed by atoms with Gasteiger partial charge in [-0.25, -0.2) is 4.79 Å². The molecule has 4 nitrogen and oxygen atoms in total. The average molecular weight is 228 g/mol. The Balaban J connectivity index is 2.13. The first-order valence-corrected chi connectivity index (χ1v) is 5.14. The summed E-state index contributed by atoms with van der Waals surface area (Å²) in [4.78, 5) is 14.9. The number of aryl methyl sites for hydroxylation is 1. The van der Waals surface area contributed by atoms with Crippen LogP contribution in [-0.2, 0) is 7.05 Å². The van der Waals surface area contributed by atoms with Crippen LogP contribution in [0.15, 0.2) is 47.7 Å². The molecule has 2 rings (SSSR count). The number of carboxylic acids is 1. The van der Waals surface area contributed by atoms with Crippen molar-refractivity contribution in [2.45, 2.75) is 0 Å². The summed E-state index contributed by atoms with van der Waals surface area (Å²) in [5, 5.41) is 8.75. The van der Waals surface area contributed by atoms with Crippen LogP contribution in [0, 0.1) is 0 Å². The lowest BCUT2D eigenvalue weighted by molar-refractivity contribution is 0.0697. The Morgan fingerprint density at radius 3 is 2.53 bits per heavy atom. The lowest BCUT2D eigenvalue weighted by Gasteiger charge is -1.95. The van der Waals surface area contributed by atoms with Crippen molar-refractivity contribution in [2.24, 2.45) is 12.0 Å². The summed E-state index contributed by atoms with van der Waals surface area (Å²) in [5.74, 6) is -0.927. The zero-order valence-electron chi connectivity index (χ0n) is 9.37. The highest BCUT2D eigenvalue weighted by Gasteiger charge is 2.00. The van der Waals surface area contributed by atoms with Crippen LogP contribution < -0.4 is 0 Å². The van der Waals surface area contributed by atoms with Crippen LogP contribution in [0.2, 0.25) is 0 Å². The monoisotopic (exact) mass is 228 g/mol. The van der Waals surface area contributed by atoms with Gasteiger partial charge in [0.1, 0.15) is 0 Å². The third kappa shape index (κ3) is 2.81. The molecule has 0 fully saturated rings. The van der Waals surface area contributed by atoms with Gasteiger partial charge < -0.3 is 9.67 Å². The van der Waals surface area contributed by atoms with Gasteiger partial charge in [-0.1, -0.05) is 0 Å². The highest BCUT2D eigenvalue weighted by atomic mass is 16.4. The molecule has 0 saturated heterocycles.